The molecule has 0 aromatic heterocycles. The van der Waals surface area contributed by atoms with E-state index >= 15 is 0 Å². The molecule has 0 aromatic rings. The van der Waals surface area contributed by atoms with Gasteiger partial charge in [0.15, 0.2) is 18.2 Å². The van der Waals surface area contributed by atoms with Gasteiger partial charge in [-0.2, -0.15) is 0 Å². The summed E-state index contributed by atoms with van der Waals surface area (Å²) in [4.78, 5) is 78.7. The fourth-order valence-corrected chi connectivity index (χ4v) is 9.72. The number of hydrazine groups is 1. The topological polar surface area (TPSA) is 427 Å². The normalized spacial score (nSPS) is 35.3. The minimum Gasteiger partial charge on any atom is -0.467 e. The average molecular weight is 1310 g/mol. The molecule has 92 heavy (non-hydrogen) atoms. The van der Waals surface area contributed by atoms with Gasteiger partial charge < -0.3 is 104 Å². The Labute approximate surface area is 535 Å². The Balaban J connectivity index is 2.22. The van der Waals surface area contributed by atoms with Crippen LogP contribution in [-0.4, -0.2) is 235 Å². The predicted molar refractivity (Wildman–Crippen MR) is 328 cm³/mol. The molecule has 3 aliphatic heterocycles. The molecule has 0 radical (unpaired) electrons. The Hall–Kier alpha value is -7.10. The number of fused-ring (bicyclic) bond motifs is 2. The summed E-state index contributed by atoms with van der Waals surface area (Å²) in [6.07, 6.45) is -3.42. The highest BCUT2D eigenvalue weighted by Crippen LogP contribution is 2.37. The number of allylic oxidation sites excluding steroid dienone is 12. The van der Waals surface area contributed by atoms with E-state index in [0.29, 0.717) is 5.01 Å². The number of aliphatic hydroxyl groups is 10. The van der Waals surface area contributed by atoms with Crippen molar-refractivity contribution in [2.24, 2.45) is 11.8 Å². The lowest BCUT2D eigenvalue weighted by atomic mass is 9.86. The summed E-state index contributed by atoms with van der Waals surface area (Å²) in [6, 6.07) is -4.49. The Kier molecular flexibility index (Phi) is 35.7. The molecular weight excluding hydrogens is 1210 g/mol. The SMILES string of the molecule is C=CCOC(=O)N[C@@H]1[C@H](O)[C@H](O[C@H]2/C=C/C=C/C=C/C=C/C=C/C=C/C=C/[C@H](C)[C@@H](O)[C@@H](C)[C@H](C)OC(=O)C[C@H](O)C[C@H](O)CC[C@@H](O)[C@H](O)C[C@H](O)C[C@]3(O)C[C@H](OC(=O)OCC=C)[C@@H](NC(=O)NN(C[C@@H](O)C(=O)OC)C(=O)OCC=C)[C@H](C2)O3)O[C@H](C)[C@H]1O. The van der Waals surface area contributed by atoms with Crippen molar-refractivity contribution < 1.29 is 122 Å². The lowest BCUT2D eigenvalue weighted by molar-refractivity contribution is -0.303. The summed E-state index contributed by atoms with van der Waals surface area (Å²) in [7, 11) is 0.952. The third-order valence-electron chi connectivity index (χ3n) is 14.8. The first-order chi connectivity index (χ1) is 43.6. The van der Waals surface area contributed by atoms with Gasteiger partial charge in [-0.25, -0.2) is 34.4 Å². The number of aliphatic hydroxyl groups excluding tert-OH is 9. The van der Waals surface area contributed by atoms with Crippen LogP contribution >= 0.6 is 0 Å². The van der Waals surface area contributed by atoms with E-state index in [4.69, 9.17) is 37.9 Å². The summed E-state index contributed by atoms with van der Waals surface area (Å²) in [6.45, 7) is 15.0. The van der Waals surface area contributed by atoms with Crippen molar-refractivity contribution in [3.05, 3.63) is 123 Å². The molecule has 0 aliphatic carbocycles. The lowest BCUT2D eigenvalue weighted by Gasteiger charge is -2.47. The van der Waals surface area contributed by atoms with Gasteiger partial charge in [-0.1, -0.05) is 137 Å². The minimum absolute atomic E-state index is 0.211. The number of carbonyl (C=O) groups is 6. The van der Waals surface area contributed by atoms with Crippen molar-refractivity contribution in [3.8, 4) is 0 Å². The number of amides is 4. The highest BCUT2D eigenvalue weighted by Gasteiger charge is 2.52. The molecule has 29 nitrogen and oxygen atoms in total. The van der Waals surface area contributed by atoms with E-state index in [0.717, 1.165) is 7.11 Å². The van der Waals surface area contributed by atoms with Crippen molar-refractivity contribution in [3.63, 3.8) is 0 Å². The molecule has 29 heteroatoms. The van der Waals surface area contributed by atoms with Crippen LogP contribution in [0.4, 0.5) is 19.2 Å². The van der Waals surface area contributed by atoms with Crippen molar-refractivity contribution in [1.29, 1.82) is 0 Å². The molecule has 20 atom stereocenters. The van der Waals surface area contributed by atoms with Gasteiger partial charge in [-0.05, 0) is 33.1 Å². The Morgan fingerprint density at radius 1 is 0.685 bits per heavy atom. The molecule has 4 amide bonds. The fourth-order valence-electron chi connectivity index (χ4n) is 9.72. The molecular formula is C63H94N4O25. The van der Waals surface area contributed by atoms with Gasteiger partial charge in [-0.3, -0.25) is 4.79 Å². The Morgan fingerprint density at radius 2 is 1.27 bits per heavy atom. The fraction of sp³-hybridized carbons (Fsp3) is 0.587. The molecule has 2 saturated heterocycles. The molecule has 516 valence electrons. The zero-order valence-electron chi connectivity index (χ0n) is 52.4. The molecule has 13 N–H and O–H groups in total. The second-order valence-electron chi connectivity index (χ2n) is 22.2. The first-order valence-corrected chi connectivity index (χ1v) is 30.1. The van der Waals surface area contributed by atoms with Crippen LogP contribution in [0.3, 0.4) is 0 Å². The van der Waals surface area contributed by atoms with Gasteiger partial charge in [0.05, 0.1) is 87.1 Å². The molecule has 3 aliphatic rings. The highest BCUT2D eigenvalue weighted by molar-refractivity contribution is 5.80. The predicted octanol–water partition coefficient (Wildman–Crippen LogP) is 2.05. The largest absolute Gasteiger partial charge is 0.508 e. The second kappa shape index (κ2) is 41.5. The first kappa shape index (κ1) is 79.1. The van der Waals surface area contributed by atoms with Crippen molar-refractivity contribution >= 4 is 36.3 Å². The smallest absolute Gasteiger partial charge is 0.467 e. The third kappa shape index (κ3) is 28.4. The van der Waals surface area contributed by atoms with E-state index in [1.54, 1.807) is 93.7 Å². The second-order valence-corrected chi connectivity index (χ2v) is 22.2. The monoisotopic (exact) mass is 1310 g/mol. The summed E-state index contributed by atoms with van der Waals surface area (Å²) in [5.74, 6) is -5.48. The first-order valence-electron chi connectivity index (χ1n) is 30.1. The van der Waals surface area contributed by atoms with Crippen LogP contribution in [-0.2, 0) is 52.2 Å². The number of nitrogens with one attached hydrogen (secondary N) is 3. The van der Waals surface area contributed by atoms with E-state index in [2.05, 4.69) is 40.5 Å². The molecule has 0 unspecified atom stereocenters. The average Bonchev–Trinajstić information content (AvgIpc) is 0.912. The summed E-state index contributed by atoms with van der Waals surface area (Å²) in [5.41, 5.74) is 2.15. The van der Waals surface area contributed by atoms with Crippen LogP contribution in [0.15, 0.2) is 123 Å². The molecule has 0 aromatic carbocycles. The van der Waals surface area contributed by atoms with E-state index in [9.17, 15) is 79.8 Å². The minimum atomic E-state index is -2.62. The number of hydrogen-bond acceptors (Lipinski definition) is 25. The van der Waals surface area contributed by atoms with Crippen molar-refractivity contribution in [1.82, 2.24) is 21.1 Å². The number of hydrogen-bond donors (Lipinski definition) is 13. The van der Waals surface area contributed by atoms with Crippen LogP contribution in [0.1, 0.15) is 79.1 Å². The number of urea groups is 1. The number of alkyl carbamates (subject to hydrolysis) is 1. The van der Waals surface area contributed by atoms with Crippen LogP contribution in [0.2, 0.25) is 0 Å². The Bertz CT molecular complexity index is 2560. The van der Waals surface area contributed by atoms with Crippen LogP contribution in [0, 0.1) is 11.8 Å². The van der Waals surface area contributed by atoms with E-state index in [1.807, 2.05) is 0 Å². The summed E-state index contributed by atoms with van der Waals surface area (Å²) in [5, 5.41) is 117. The number of ether oxygens (including phenoxy) is 9. The zero-order chi connectivity index (χ0) is 68.5. The number of methoxy groups -OCH3 is 1. The van der Waals surface area contributed by atoms with E-state index in [1.165, 1.54) is 37.3 Å². The number of nitrogens with zero attached hydrogens (tertiary/aromatic N) is 1. The molecule has 2 bridgehead atoms. The third-order valence-corrected chi connectivity index (χ3v) is 14.8. The molecule has 3 rings (SSSR count). The standard InChI is InChI=1S/C63H94N4O25/c1-9-28-85-60(80)65-53-55(76)41(7)89-58(56(53)77)90-45-25-23-21-19-17-15-13-12-14-16-18-20-22-24-38(4)54(75)39(5)40(6)88-51(74)33-43(69)31-42(68)26-27-46(71)47(72)32-44(70)35-63(83)36-50(91-62(82)87-30-11-3)52(49(34-45)92-63)64-59(79)66-67(61(81)86-29-10-2)37-48(73)57(78)84-8/h9-25,38-50,52-56,58,68-73,75-77,83H,1-3,26-37H2,4-8H3,(H,65,80)(H2,64,66,79)/b13-12+,16-14+,17-15+,20-18+,21-19+,24-22+,25-23+/t38-,39-,40-,41+,42+,43+,44-,45-,46+,47+,48+,49-,50-,52-,53-,54+,55+,56-,58-,63+/m0/s1. The molecule has 2 fully saturated rings. The maximum atomic E-state index is 14.2. The zero-order valence-corrected chi connectivity index (χ0v) is 52.4. The van der Waals surface area contributed by atoms with Gasteiger partial charge in [0.2, 0.25) is 0 Å². The van der Waals surface area contributed by atoms with Gasteiger partial charge >= 0.3 is 36.3 Å². The maximum Gasteiger partial charge on any atom is 0.508 e. The maximum absolute atomic E-state index is 14.2. The lowest BCUT2D eigenvalue weighted by Crippen LogP contribution is -2.66. The van der Waals surface area contributed by atoms with Gasteiger partial charge in [0.25, 0.3) is 0 Å². The molecule has 0 saturated carbocycles. The van der Waals surface area contributed by atoms with Crippen LogP contribution < -0.4 is 16.1 Å². The van der Waals surface area contributed by atoms with E-state index < -0.39 is 204 Å². The quantitative estimate of drug-likeness (QED) is 0.0512. The molecule has 3 heterocycles. The van der Waals surface area contributed by atoms with E-state index in [-0.39, 0.29) is 31.8 Å². The Morgan fingerprint density at radius 3 is 1.88 bits per heavy atom. The number of esters is 2. The van der Waals surface area contributed by atoms with Gasteiger partial charge in [-0.15, -0.1) is 0 Å². The number of cyclic esters (lactones) is 1. The number of carbonyl (C=O) groups excluding carboxylic acids is 6. The highest BCUT2D eigenvalue weighted by atomic mass is 16.7. The molecule has 0 spiro atoms. The van der Waals surface area contributed by atoms with Gasteiger partial charge in [0.1, 0.15) is 44.2 Å². The van der Waals surface area contributed by atoms with Crippen molar-refractivity contribution in [2.75, 3.05) is 33.5 Å². The number of rotatable bonds is 14. The van der Waals surface area contributed by atoms with Gasteiger partial charge in [0, 0.05) is 37.5 Å². The van der Waals surface area contributed by atoms with Crippen LogP contribution in [0.5, 0.6) is 0 Å². The summed E-state index contributed by atoms with van der Waals surface area (Å²) >= 11 is 0. The van der Waals surface area contributed by atoms with Crippen molar-refractivity contribution in [2.45, 2.75) is 189 Å². The van der Waals surface area contributed by atoms with Crippen LogP contribution in [0.25, 0.3) is 0 Å². The summed E-state index contributed by atoms with van der Waals surface area (Å²) < 4.78 is 49.7.